The Balaban J connectivity index is 1.95. The smallest absolute Gasteiger partial charge is 0.117 e. The third-order valence-electron chi connectivity index (χ3n) is 4.51. The van der Waals surface area contributed by atoms with E-state index in [1.807, 2.05) is 0 Å². The molecule has 0 aliphatic rings. The maximum atomic E-state index is 4.89. The highest BCUT2D eigenvalue weighted by atomic mass is 15.1. The van der Waals surface area contributed by atoms with E-state index in [4.69, 9.17) is 4.98 Å². The van der Waals surface area contributed by atoms with Crippen LogP contribution in [0.4, 0.5) is 0 Å². The van der Waals surface area contributed by atoms with E-state index in [1.54, 1.807) is 0 Å². The monoisotopic (exact) mass is 306 g/mol. The summed E-state index contributed by atoms with van der Waals surface area (Å²) in [5.74, 6) is 2.16. The molecule has 0 amide bonds. The number of benzene rings is 2. The van der Waals surface area contributed by atoms with Crippen LogP contribution in [0.2, 0.25) is 0 Å². The van der Waals surface area contributed by atoms with Gasteiger partial charge in [0.05, 0.1) is 11.0 Å². The Morgan fingerprint density at radius 1 is 0.957 bits per heavy atom. The van der Waals surface area contributed by atoms with Gasteiger partial charge in [0, 0.05) is 12.5 Å². The van der Waals surface area contributed by atoms with Crippen molar-refractivity contribution in [2.24, 2.45) is 5.92 Å². The zero-order valence-corrected chi connectivity index (χ0v) is 14.6. The summed E-state index contributed by atoms with van der Waals surface area (Å²) in [5.41, 5.74) is 5.07. The molecule has 1 aromatic heterocycles. The quantitative estimate of drug-likeness (QED) is 0.616. The number of aryl methyl sites for hydroxylation is 1. The molecule has 0 saturated heterocycles. The summed E-state index contributed by atoms with van der Waals surface area (Å²) >= 11 is 0. The van der Waals surface area contributed by atoms with E-state index >= 15 is 0 Å². The second-order valence-corrected chi connectivity index (χ2v) is 6.76. The lowest BCUT2D eigenvalue weighted by Gasteiger charge is -2.15. The van der Waals surface area contributed by atoms with Crippen molar-refractivity contribution in [3.63, 3.8) is 0 Å². The Morgan fingerprint density at radius 2 is 1.65 bits per heavy atom. The van der Waals surface area contributed by atoms with Crippen molar-refractivity contribution < 1.29 is 0 Å². The molecule has 23 heavy (non-hydrogen) atoms. The van der Waals surface area contributed by atoms with E-state index in [-0.39, 0.29) is 0 Å². The average Bonchev–Trinajstić information content (AvgIpc) is 2.93. The summed E-state index contributed by atoms with van der Waals surface area (Å²) in [6, 6.07) is 17.5. The number of fused-ring (bicyclic) bond motifs is 1. The summed E-state index contributed by atoms with van der Waals surface area (Å²) < 4.78 is 2.34. The molecular formula is C21H26N2. The molecule has 3 aromatic rings. The Hall–Kier alpha value is -2.09. The minimum atomic E-state index is 0.301. The van der Waals surface area contributed by atoms with Gasteiger partial charge in [0.15, 0.2) is 0 Å². The standard InChI is InChI=1S/C21H26N2/c1-5-23-20-9-7-6-8-19(20)22-21(23)16(4)18-12-10-17(11-13-18)14-15(2)3/h6-13,15-16H,5,14H2,1-4H3. The van der Waals surface area contributed by atoms with Crippen LogP contribution in [0, 0.1) is 5.92 Å². The molecule has 2 aromatic carbocycles. The Labute approximate surface area is 139 Å². The van der Waals surface area contributed by atoms with Gasteiger partial charge < -0.3 is 4.57 Å². The van der Waals surface area contributed by atoms with E-state index < -0.39 is 0 Å². The summed E-state index contributed by atoms with van der Waals surface area (Å²) in [4.78, 5) is 4.89. The van der Waals surface area contributed by atoms with Crippen molar-refractivity contribution in [2.75, 3.05) is 0 Å². The molecule has 0 saturated carbocycles. The van der Waals surface area contributed by atoms with Crippen molar-refractivity contribution in [1.29, 1.82) is 0 Å². The van der Waals surface area contributed by atoms with E-state index in [1.165, 1.54) is 16.6 Å². The van der Waals surface area contributed by atoms with Crippen LogP contribution in [0.25, 0.3) is 11.0 Å². The van der Waals surface area contributed by atoms with Gasteiger partial charge in [-0.25, -0.2) is 4.98 Å². The van der Waals surface area contributed by atoms with Gasteiger partial charge in [0.1, 0.15) is 5.82 Å². The summed E-state index contributed by atoms with van der Waals surface area (Å²) in [6.07, 6.45) is 1.14. The fraction of sp³-hybridized carbons (Fsp3) is 0.381. The van der Waals surface area contributed by atoms with Crippen molar-refractivity contribution in [1.82, 2.24) is 9.55 Å². The molecule has 0 N–H and O–H groups in total. The van der Waals surface area contributed by atoms with E-state index in [0.717, 1.165) is 24.3 Å². The number of para-hydroxylation sites is 2. The SMILES string of the molecule is CCn1c(C(C)c2ccc(CC(C)C)cc2)nc2ccccc21. The van der Waals surface area contributed by atoms with Gasteiger partial charge in [-0.05, 0) is 42.5 Å². The topological polar surface area (TPSA) is 17.8 Å². The van der Waals surface area contributed by atoms with Gasteiger partial charge in [0.2, 0.25) is 0 Å². The Kier molecular flexibility index (Phi) is 4.51. The number of rotatable bonds is 5. The molecule has 0 aliphatic heterocycles. The third kappa shape index (κ3) is 3.17. The lowest BCUT2D eigenvalue weighted by atomic mass is 9.96. The molecule has 0 fully saturated rings. The van der Waals surface area contributed by atoms with Crippen LogP contribution in [0.3, 0.4) is 0 Å². The summed E-state index contributed by atoms with van der Waals surface area (Å²) in [6.45, 7) is 9.92. The second kappa shape index (κ2) is 6.57. The Morgan fingerprint density at radius 3 is 2.30 bits per heavy atom. The maximum absolute atomic E-state index is 4.89. The minimum absolute atomic E-state index is 0.301. The number of aromatic nitrogens is 2. The normalized spacial score (nSPS) is 12.9. The number of hydrogen-bond acceptors (Lipinski definition) is 1. The fourth-order valence-electron chi connectivity index (χ4n) is 3.32. The molecule has 1 atom stereocenters. The number of hydrogen-bond donors (Lipinski definition) is 0. The van der Waals surface area contributed by atoms with E-state index in [0.29, 0.717) is 11.8 Å². The predicted molar refractivity (Wildman–Crippen MR) is 97.9 cm³/mol. The molecular weight excluding hydrogens is 280 g/mol. The van der Waals surface area contributed by atoms with Crippen molar-refractivity contribution >= 4 is 11.0 Å². The third-order valence-corrected chi connectivity index (χ3v) is 4.51. The number of imidazole rings is 1. The molecule has 120 valence electrons. The van der Waals surface area contributed by atoms with Crippen molar-refractivity contribution in [3.05, 3.63) is 65.5 Å². The van der Waals surface area contributed by atoms with Gasteiger partial charge in [0.25, 0.3) is 0 Å². The van der Waals surface area contributed by atoms with Crippen LogP contribution >= 0.6 is 0 Å². The zero-order chi connectivity index (χ0) is 16.4. The second-order valence-electron chi connectivity index (χ2n) is 6.76. The molecule has 0 bridgehead atoms. The average molecular weight is 306 g/mol. The van der Waals surface area contributed by atoms with E-state index in [9.17, 15) is 0 Å². The lowest BCUT2D eigenvalue weighted by molar-refractivity contribution is 0.646. The molecule has 0 spiro atoms. The molecule has 0 radical (unpaired) electrons. The van der Waals surface area contributed by atoms with Crippen LogP contribution in [0.5, 0.6) is 0 Å². The highest BCUT2D eigenvalue weighted by Gasteiger charge is 2.17. The van der Waals surface area contributed by atoms with Gasteiger partial charge in [-0.2, -0.15) is 0 Å². The first-order valence-electron chi connectivity index (χ1n) is 8.64. The summed E-state index contributed by atoms with van der Waals surface area (Å²) in [5, 5.41) is 0. The van der Waals surface area contributed by atoms with Crippen molar-refractivity contribution in [3.8, 4) is 0 Å². The lowest BCUT2D eigenvalue weighted by Crippen LogP contribution is -2.07. The maximum Gasteiger partial charge on any atom is 0.117 e. The first kappa shape index (κ1) is 15.8. The molecule has 2 nitrogen and oxygen atoms in total. The molecule has 2 heteroatoms. The number of nitrogens with zero attached hydrogens (tertiary/aromatic N) is 2. The largest absolute Gasteiger partial charge is 0.328 e. The molecule has 1 unspecified atom stereocenters. The van der Waals surface area contributed by atoms with Gasteiger partial charge in [-0.1, -0.05) is 57.2 Å². The molecule has 3 rings (SSSR count). The van der Waals surface area contributed by atoms with Crippen molar-refractivity contribution in [2.45, 2.75) is 46.6 Å². The first-order valence-corrected chi connectivity index (χ1v) is 8.64. The Bertz CT molecular complexity index is 781. The van der Waals surface area contributed by atoms with Crippen LogP contribution < -0.4 is 0 Å². The van der Waals surface area contributed by atoms with Crippen LogP contribution in [-0.2, 0) is 13.0 Å². The first-order chi connectivity index (χ1) is 11.1. The molecule has 1 heterocycles. The highest BCUT2D eigenvalue weighted by molar-refractivity contribution is 5.76. The fourth-order valence-corrected chi connectivity index (χ4v) is 3.32. The molecule has 0 aliphatic carbocycles. The minimum Gasteiger partial charge on any atom is -0.328 e. The highest BCUT2D eigenvalue weighted by Crippen LogP contribution is 2.27. The van der Waals surface area contributed by atoms with Crippen LogP contribution in [0.1, 0.15) is 50.6 Å². The van der Waals surface area contributed by atoms with Gasteiger partial charge in [-0.15, -0.1) is 0 Å². The van der Waals surface area contributed by atoms with Crippen LogP contribution in [-0.4, -0.2) is 9.55 Å². The predicted octanol–water partition coefficient (Wildman–Crippen LogP) is 5.41. The van der Waals surface area contributed by atoms with Gasteiger partial charge >= 0.3 is 0 Å². The summed E-state index contributed by atoms with van der Waals surface area (Å²) in [7, 11) is 0. The zero-order valence-electron chi connectivity index (χ0n) is 14.6. The van der Waals surface area contributed by atoms with Gasteiger partial charge in [-0.3, -0.25) is 0 Å². The van der Waals surface area contributed by atoms with E-state index in [2.05, 4.69) is 80.8 Å². The van der Waals surface area contributed by atoms with Crippen LogP contribution in [0.15, 0.2) is 48.5 Å².